The fourth-order valence-corrected chi connectivity index (χ4v) is 1.74. The molecule has 0 radical (unpaired) electrons. The number of allylic oxidation sites excluding steroid dienone is 3. The molecule has 0 saturated carbocycles. The first kappa shape index (κ1) is 17.1. The van der Waals surface area contributed by atoms with Crippen LogP contribution in [0.2, 0.25) is 0 Å². The van der Waals surface area contributed by atoms with Crippen LogP contribution in [0.1, 0.15) is 52.4 Å². The first-order valence-corrected chi connectivity index (χ1v) is 6.78. The predicted octanol–water partition coefficient (Wildman–Crippen LogP) is 2.70. The van der Waals surface area contributed by atoms with Crippen molar-refractivity contribution in [2.75, 3.05) is 6.54 Å². The van der Waals surface area contributed by atoms with Gasteiger partial charge in [0.2, 0.25) is 0 Å². The maximum atomic E-state index is 11.8. The van der Waals surface area contributed by atoms with Crippen molar-refractivity contribution < 1.29 is 4.79 Å². The molecule has 0 aromatic rings. The van der Waals surface area contributed by atoms with Crippen LogP contribution < -0.4 is 11.5 Å². The summed E-state index contributed by atoms with van der Waals surface area (Å²) in [6.45, 7) is 8.76. The van der Waals surface area contributed by atoms with Gasteiger partial charge in [-0.2, -0.15) is 0 Å². The molecule has 0 aromatic carbocycles. The van der Waals surface area contributed by atoms with Crippen molar-refractivity contribution in [3.63, 3.8) is 0 Å². The molecular weight excluding hydrogens is 224 g/mol. The van der Waals surface area contributed by atoms with Crippen molar-refractivity contribution >= 4 is 5.78 Å². The molecular formula is C15H28N2O. The highest BCUT2D eigenvalue weighted by Crippen LogP contribution is 2.15. The molecule has 104 valence electrons. The Morgan fingerprint density at radius 2 is 2.00 bits per heavy atom. The van der Waals surface area contributed by atoms with Crippen LogP contribution in [-0.2, 0) is 4.79 Å². The normalized spacial score (nSPS) is 13.4. The highest BCUT2D eigenvalue weighted by molar-refractivity contribution is 5.83. The third-order valence-electron chi connectivity index (χ3n) is 3.13. The third-order valence-corrected chi connectivity index (χ3v) is 3.13. The van der Waals surface area contributed by atoms with E-state index in [4.69, 9.17) is 11.5 Å². The van der Waals surface area contributed by atoms with E-state index in [0.717, 1.165) is 37.7 Å². The molecule has 0 heterocycles. The lowest BCUT2D eigenvalue weighted by Crippen LogP contribution is -2.30. The van der Waals surface area contributed by atoms with E-state index in [0.29, 0.717) is 13.0 Å². The van der Waals surface area contributed by atoms with E-state index in [1.165, 1.54) is 5.57 Å². The molecule has 3 nitrogen and oxygen atoms in total. The molecule has 1 atom stereocenters. The maximum Gasteiger partial charge on any atom is 0.149 e. The second-order valence-electron chi connectivity index (χ2n) is 4.92. The van der Waals surface area contributed by atoms with E-state index < -0.39 is 0 Å². The van der Waals surface area contributed by atoms with Gasteiger partial charge in [0.05, 0.1) is 6.04 Å². The van der Waals surface area contributed by atoms with E-state index >= 15 is 0 Å². The average Bonchev–Trinajstić information content (AvgIpc) is 2.35. The molecule has 0 fully saturated rings. The van der Waals surface area contributed by atoms with Crippen LogP contribution in [0.25, 0.3) is 0 Å². The molecule has 0 amide bonds. The smallest absolute Gasteiger partial charge is 0.149 e. The number of nitrogens with two attached hydrogens (primary N) is 2. The van der Waals surface area contributed by atoms with Gasteiger partial charge in [0, 0.05) is 6.42 Å². The Morgan fingerprint density at radius 3 is 2.56 bits per heavy atom. The lowest BCUT2D eigenvalue weighted by molar-refractivity contribution is -0.120. The quantitative estimate of drug-likeness (QED) is 0.464. The molecule has 0 aromatic heterocycles. The summed E-state index contributed by atoms with van der Waals surface area (Å²) in [7, 11) is 0. The molecule has 0 aliphatic heterocycles. The molecule has 0 spiro atoms. The predicted molar refractivity (Wildman–Crippen MR) is 78.3 cm³/mol. The molecule has 4 N–H and O–H groups in total. The highest BCUT2D eigenvalue weighted by Gasteiger charge is 2.12. The van der Waals surface area contributed by atoms with Gasteiger partial charge in [-0.25, -0.2) is 0 Å². The van der Waals surface area contributed by atoms with Gasteiger partial charge in [0.1, 0.15) is 5.78 Å². The zero-order valence-electron chi connectivity index (χ0n) is 11.9. The number of rotatable bonds is 10. The average molecular weight is 252 g/mol. The fraction of sp³-hybridized carbons (Fsp3) is 0.667. The van der Waals surface area contributed by atoms with Crippen molar-refractivity contribution in [3.05, 3.63) is 23.8 Å². The maximum absolute atomic E-state index is 11.8. The van der Waals surface area contributed by atoms with E-state index in [-0.39, 0.29) is 11.8 Å². The summed E-state index contributed by atoms with van der Waals surface area (Å²) in [5, 5.41) is 0. The minimum absolute atomic E-state index is 0.145. The minimum atomic E-state index is -0.327. The number of ketones is 1. The molecule has 0 aliphatic carbocycles. The SMILES string of the molecule is C=C(CCC(=O)C(N)CCCCN)C/C(C)=C/C. The van der Waals surface area contributed by atoms with Gasteiger partial charge in [0.25, 0.3) is 0 Å². The lowest BCUT2D eigenvalue weighted by Gasteiger charge is -2.11. The minimum Gasteiger partial charge on any atom is -0.330 e. The zero-order valence-corrected chi connectivity index (χ0v) is 11.9. The monoisotopic (exact) mass is 252 g/mol. The Morgan fingerprint density at radius 1 is 1.33 bits per heavy atom. The lowest BCUT2D eigenvalue weighted by atomic mass is 9.98. The molecule has 0 bridgehead atoms. The summed E-state index contributed by atoms with van der Waals surface area (Å²) in [4.78, 5) is 11.8. The van der Waals surface area contributed by atoms with Crippen LogP contribution in [0.4, 0.5) is 0 Å². The summed E-state index contributed by atoms with van der Waals surface area (Å²) in [5.41, 5.74) is 13.6. The molecule has 0 aliphatic rings. The van der Waals surface area contributed by atoms with Crippen molar-refractivity contribution in [2.45, 2.75) is 58.4 Å². The summed E-state index contributed by atoms with van der Waals surface area (Å²) >= 11 is 0. The Labute approximate surface area is 111 Å². The number of hydrogen-bond donors (Lipinski definition) is 2. The van der Waals surface area contributed by atoms with E-state index in [9.17, 15) is 4.79 Å². The fourth-order valence-electron chi connectivity index (χ4n) is 1.74. The number of unbranched alkanes of at least 4 members (excludes halogenated alkanes) is 1. The molecule has 1 unspecified atom stereocenters. The summed E-state index contributed by atoms with van der Waals surface area (Å²) in [5.74, 6) is 0.145. The Bertz CT molecular complexity index is 295. The number of carbonyl (C=O) groups excluding carboxylic acids is 1. The van der Waals surface area contributed by atoms with Gasteiger partial charge in [-0.3, -0.25) is 4.79 Å². The van der Waals surface area contributed by atoms with Gasteiger partial charge in [0.15, 0.2) is 0 Å². The van der Waals surface area contributed by atoms with E-state index in [2.05, 4.69) is 19.6 Å². The van der Waals surface area contributed by atoms with Crippen LogP contribution >= 0.6 is 0 Å². The zero-order chi connectivity index (χ0) is 14.0. The molecule has 18 heavy (non-hydrogen) atoms. The molecule has 0 rings (SSSR count). The second kappa shape index (κ2) is 10.0. The number of hydrogen-bond acceptors (Lipinski definition) is 3. The van der Waals surface area contributed by atoms with Crippen LogP contribution in [0.5, 0.6) is 0 Å². The van der Waals surface area contributed by atoms with Crippen molar-refractivity contribution in [1.82, 2.24) is 0 Å². The van der Waals surface area contributed by atoms with E-state index in [1.54, 1.807) is 0 Å². The van der Waals surface area contributed by atoms with Crippen molar-refractivity contribution in [1.29, 1.82) is 0 Å². The van der Waals surface area contributed by atoms with Gasteiger partial charge in [-0.05, 0) is 46.1 Å². The summed E-state index contributed by atoms with van der Waals surface area (Å²) < 4.78 is 0. The standard InChI is InChI=1S/C15H28N2O/c1-4-12(2)11-13(3)8-9-15(18)14(17)7-5-6-10-16/h4,14H,3,5-11,16-17H2,1-2H3/b12-4+. The van der Waals surface area contributed by atoms with Crippen LogP contribution in [0.3, 0.4) is 0 Å². The van der Waals surface area contributed by atoms with Crippen LogP contribution in [0.15, 0.2) is 23.8 Å². The Kier molecular flexibility index (Phi) is 9.52. The van der Waals surface area contributed by atoms with Gasteiger partial charge >= 0.3 is 0 Å². The highest BCUT2D eigenvalue weighted by atomic mass is 16.1. The Hall–Kier alpha value is -0.930. The van der Waals surface area contributed by atoms with Crippen molar-refractivity contribution in [2.24, 2.45) is 11.5 Å². The van der Waals surface area contributed by atoms with Gasteiger partial charge < -0.3 is 11.5 Å². The summed E-state index contributed by atoms with van der Waals surface area (Å²) in [6.07, 6.45) is 6.83. The van der Waals surface area contributed by atoms with Crippen LogP contribution in [0, 0.1) is 0 Å². The number of carbonyl (C=O) groups is 1. The molecule has 0 saturated heterocycles. The Balaban J connectivity index is 3.84. The third kappa shape index (κ3) is 8.20. The number of Topliss-reactive ketones (excluding diaryl/α,β-unsaturated/α-hetero) is 1. The van der Waals surface area contributed by atoms with E-state index in [1.807, 2.05) is 6.92 Å². The van der Waals surface area contributed by atoms with Gasteiger partial charge in [-0.15, -0.1) is 0 Å². The summed E-state index contributed by atoms with van der Waals surface area (Å²) in [6, 6.07) is -0.327. The first-order chi connectivity index (χ1) is 8.51. The van der Waals surface area contributed by atoms with Gasteiger partial charge in [-0.1, -0.05) is 30.2 Å². The largest absolute Gasteiger partial charge is 0.330 e. The molecule has 3 heteroatoms. The second-order valence-corrected chi connectivity index (χ2v) is 4.92. The van der Waals surface area contributed by atoms with Crippen LogP contribution in [-0.4, -0.2) is 18.4 Å². The topological polar surface area (TPSA) is 69.1 Å². The first-order valence-electron chi connectivity index (χ1n) is 6.78. The van der Waals surface area contributed by atoms with Crippen molar-refractivity contribution in [3.8, 4) is 0 Å².